The standard InChI is InChI=1S/C14H17N7/c1-3-21-8-7-15-13(21)10-16-12-6-4-5-11(9-12)14-17-18-19-20(14)2/h4-9,16H,3,10H2,1-2H3. The maximum Gasteiger partial charge on any atom is 0.181 e. The van der Waals surface area contributed by atoms with E-state index in [0.29, 0.717) is 6.54 Å². The van der Waals surface area contributed by atoms with Crippen LogP contribution >= 0.6 is 0 Å². The highest BCUT2D eigenvalue weighted by atomic mass is 15.5. The summed E-state index contributed by atoms with van der Waals surface area (Å²) in [5.74, 6) is 1.76. The van der Waals surface area contributed by atoms with Crippen LogP contribution in [0.3, 0.4) is 0 Å². The number of aromatic nitrogens is 6. The van der Waals surface area contributed by atoms with Crippen molar-refractivity contribution in [3.63, 3.8) is 0 Å². The quantitative estimate of drug-likeness (QED) is 0.771. The van der Waals surface area contributed by atoms with E-state index in [2.05, 4.69) is 37.3 Å². The van der Waals surface area contributed by atoms with Crippen LogP contribution in [-0.4, -0.2) is 29.8 Å². The first-order valence-corrected chi connectivity index (χ1v) is 6.84. The highest BCUT2D eigenvalue weighted by Gasteiger charge is 2.07. The van der Waals surface area contributed by atoms with E-state index in [1.54, 1.807) is 4.68 Å². The Kier molecular flexibility index (Phi) is 3.63. The number of hydrogen-bond acceptors (Lipinski definition) is 5. The fraction of sp³-hybridized carbons (Fsp3) is 0.286. The molecule has 3 aromatic rings. The Morgan fingerprint density at radius 3 is 2.95 bits per heavy atom. The van der Waals surface area contributed by atoms with Crippen molar-refractivity contribution in [3.8, 4) is 11.4 Å². The zero-order valence-corrected chi connectivity index (χ0v) is 12.1. The molecule has 7 heteroatoms. The zero-order valence-electron chi connectivity index (χ0n) is 12.1. The average Bonchev–Trinajstić information content (AvgIpc) is 3.13. The number of aryl methyl sites for hydroxylation is 2. The van der Waals surface area contributed by atoms with Crippen LogP contribution in [0.2, 0.25) is 0 Å². The van der Waals surface area contributed by atoms with Gasteiger partial charge < -0.3 is 9.88 Å². The van der Waals surface area contributed by atoms with Gasteiger partial charge in [-0.1, -0.05) is 12.1 Å². The van der Waals surface area contributed by atoms with E-state index < -0.39 is 0 Å². The van der Waals surface area contributed by atoms with E-state index in [1.165, 1.54) is 0 Å². The SMILES string of the molecule is CCn1ccnc1CNc1cccc(-c2nnnn2C)c1. The van der Waals surface area contributed by atoms with Gasteiger partial charge in [0.1, 0.15) is 5.82 Å². The minimum Gasteiger partial charge on any atom is -0.378 e. The molecule has 0 radical (unpaired) electrons. The van der Waals surface area contributed by atoms with Gasteiger partial charge in [-0.25, -0.2) is 9.67 Å². The van der Waals surface area contributed by atoms with Gasteiger partial charge in [0.2, 0.25) is 0 Å². The van der Waals surface area contributed by atoms with Gasteiger partial charge in [0.25, 0.3) is 0 Å². The molecule has 0 aliphatic rings. The summed E-state index contributed by atoms with van der Waals surface area (Å²) < 4.78 is 3.77. The minimum absolute atomic E-state index is 0.682. The number of anilines is 1. The first-order valence-electron chi connectivity index (χ1n) is 6.84. The van der Waals surface area contributed by atoms with Crippen LogP contribution in [0, 0.1) is 0 Å². The normalized spacial score (nSPS) is 10.8. The molecular formula is C14H17N7. The molecule has 1 aromatic carbocycles. The molecule has 0 saturated carbocycles. The molecule has 0 unspecified atom stereocenters. The summed E-state index contributed by atoms with van der Waals surface area (Å²) in [7, 11) is 1.83. The number of nitrogens with one attached hydrogen (secondary N) is 1. The van der Waals surface area contributed by atoms with Crippen molar-refractivity contribution in [1.29, 1.82) is 0 Å². The molecule has 108 valence electrons. The van der Waals surface area contributed by atoms with Crippen LogP contribution in [0.1, 0.15) is 12.7 Å². The average molecular weight is 283 g/mol. The van der Waals surface area contributed by atoms with Crippen molar-refractivity contribution in [1.82, 2.24) is 29.8 Å². The molecule has 1 N–H and O–H groups in total. The van der Waals surface area contributed by atoms with Crippen LogP contribution in [0.15, 0.2) is 36.7 Å². The molecule has 3 rings (SSSR count). The number of hydrogen-bond donors (Lipinski definition) is 1. The Morgan fingerprint density at radius 1 is 1.29 bits per heavy atom. The van der Waals surface area contributed by atoms with Crippen molar-refractivity contribution < 1.29 is 0 Å². The largest absolute Gasteiger partial charge is 0.378 e. The second kappa shape index (κ2) is 5.74. The molecule has 0 atom stereocenters. The third-order valence-corrected chi connectivity index (χ3v) is 3.33. The Bertz CT molecular complexity index is 728. The van der Waals surface area contributed by atoms with Gasteiger partial charge in [-0.05, 0) is 29.5 Å². The van der Waals surface area contributed by atoms with Crippen LogP contribution in [0.5, 0.6) is 0 Å². The molecule has 0 aliphatic heterocycles. The fourth-order valence-corrected chi connectivity index (χ4v) is 2.22. The van der Waals surface area contributed by atoms with E-state index in [-0.39, 0.29) is 0 Å². The fourth-order valence-electron chi connectivity index (χ4n) is 2.22. The highest BCUT2D eigenvalue weighted by Crippen LogP contribution is 2.19. The van der Waals surface area contributed by atoms with Crippen molar-refractivity contribution >= 4 is 5.69 Å². The van der Waals surface area contributed by atoms with Gasteiger partial charge in [0.05, 0.1) is 6.54 Å². The lowest BCUT2D eigenvalue weighted by atomic mass is 10.2. The molecule has 2 aromatic heterocycles. The Balaban J connectivity index is 1.76. The minimum atomic E-state index is 0.682. The monoisotopic (exact) mass is 283 g/mol. The van der Waals surface area contributed by atoms with Gasteiger partial charge in [0.15, 0.2) is 5.82 Å². The van der Waals surface area contributed by atoms with Crippen molar-refractivity contribution in [2.75, 3.05) is 5.32 Å². The van der Waals surface area contributed by atoms with Crippen LogP contribution in [0.4, 0.5) is 5.69 Å². The number of rotatable bonds is 5. The second-order valence-corrected chi connectivity index (χ2v) is 4.69. The van der Waals surface area contributed by atoms with Gasteiger partial charge in [-0.2, -0.15) is 0 Å². The molecule has 0 amide bonds. The summed E-state index contributed by atoms with van der Waals surface area (Å²) in [4.78, 5) is 4.35. The van der Waals surface area contributed by atoms with Gasteiger partial charge in [-0.3, -0.25) is 0 Å². The molecule has 2 heterocycles. The lowest BCUT2D eigenvalue weighted by Crippen LogP contribution is -2.07. The first kappa shape index (κ1) is 13.3. The summed E-state index contributed by atoms with van der Waals surface area (Å²) in [6.45, 7) is 3.70. The summed E-state index contributed by atoms with van der Waals surface area (Å²) in [6.07, 6.45) is 3.81. The van der Waals surface area contributed by atoms with E-state index in [9.17, 15) is 0 Å². The molecule has 0 spiro atoms. The third-order valence-electron chi connectivity index (χ3n) is 3.33. The van der Waals surface area contributed by atoms with E-state index in [0.717, 1.165) is 29.4 Å². The Hall–Kier alpha value is -2.70. The molecule has 0 bridgehead atoms. The predicted octanol–water partition coefficient (Wildman–Crippen LogP) is 1.71. The predicted molar refractivity (Wildman–Crippen MR) is 79.5 cm³/mol. The number of nitrogens with zero attached hydrogens (tertiary/aromatic N) is 6. The van der Waals surface area contributed by atoms with E-state index >= 15 is 0 Å². The van der Waals surface area contributed by atoms with E-state index in [4.69, 9.17) is 0 Å². The lowest BCUT2D eigenvalue weighted by Gasteiger charge is -2.09. The Morgan fingerprint density at radius 2 is 2.19 bits per heavy atom. The summed E-state index contributed by atoms with van der Waals surface area (Å²) in [6, 6.07) is 8.03. The van der Waals surface area contributed by atoms with Gasteiger partial charge in [-0.15, -0.1) is 5.10 Å². The molecule has 0 fully saturated rings. The number of imidazole rings is 1. The van der Waals surface area contributed by atoms with Crippen LogP contribution in [-0.2, 0) is 20.1 Å². The molecule has 0 saturated heterocycles. The van der Waals surface area contributed by atoms with Crippen molar-refractivity contribution in [3.05, 3.63) is 42.5 Å². The second-order valence-electron chi connectivity index (χ2n) is 4.69. The molecular weight excluding hydrogens is 266 g/mol. The third kappa shape index (κ3) is 2.76. The molecule has 7 nitrogen and oxygen atoms in total. The first-order chi connectivity index (χ1) is 10.3. The van der Waals surface area contributed by atoms with Crippen LogP contribution < -0.4 is 5.32 Å². The lowest BCUT2D eigenvalue weighted by molar-refractivity contribution is 0.708. The summed E-state index contributed by atoms with van der Waals surface area (Å²) >= 11 is 0. The van der Waals surface area contributed by atoms with E-state index in [1.807, 2.05) is 43.7 Å². The van der Waals surface area contributed by atoms with Gasteiger partial charge >= 0.3 is 0 Å². The highest BCUT2D eigenvalue weighted by molar-refractivity contribution is 5.62. The zero-order chi connectivity index (χ0) is 14.7. The van der Waals surface area contributed by atoms with Gasteiger partial charge in [0, 0.05) is 37.2 Å². The number of benzene rings is 1. The number of tetrazole rings is 1. The van der Waals surface area contributed by atoms with Crippen molar-refractivity contribution in [2.24, 2.45) is 7.05 Å². The Labute approximate surface area is 122 Å². The molecule has 21 heavy (non-hydrogen) atoms. The smallest absolute Gasteiger partial charge is 0.181 e. The van der Waals surface area contributed by atoms with Crippen molar-refractivity contribution in [2.45, 2.75) is 20.0 Å². The molecule has 0 aliphatic carbocycles. The van der Waals surface area contributed by atoms with Crippen LogP contribution in [0.25, 0.3) is 11.4 Å². The maximum absolute atomic E-state index is 4.35. The summed E-state index contributed by atoms with van der Waals surface area (Å²) in [5.41, 5.74) is 1.99. The topological polar surface area (TPSA) is 73.5 Å². The summed E-state index contributed by atoms with van der Waals surface area (Å²) in [5, 5.41) is 14.9. The maximum atomic E-state index is 4.35.